The Bertz CT molecular complexity index is 2980. The molecule has 0 bridgehead atoms. The minimum Gasteiger partial charge on any atom is -0.507 e. The van der Waals surface area contributed by atoms with Crippen LogP contribution >= 0.6 is 23.2 Å². The number of aromatic nitrogens is 2. The average molecular weight is 1020 g/mol. The fraction of sp³-hybridized carbons (Fsp3) is 0.388. The van der Waals surface area contributed by atoms with Gasteiger partial charge in [0, 0.05) is 97.1 Å². The molecule has 7 N–H and O–H groups in total. The van der Waals surface area contributed by atoms with E-state index >= 15 is 0 Å². The normalized spacial score (nSPS) is 15.2. The Morgan fingerprint density at radius 2 is 1.08 bits per heavy atom. The van der Waals surface area contributed by atoms with E-state index in [0.29, 0.717) is 44.3 Å². The summed E-state index contributed by atoms with van der Waals surface area (Å²) in [5.41, 5.74) is 1.75. The number of anilines is 5. The van der Waals surface area contributed by atoms with Crippen LogP contribution in [0, 0.1) is 0 Å². The number of imidazole rings is 1. The van der Waals surface area contributed by atoms with Gasteiger partial charge in [0.05, 0.1) is 24.5 Å². The van der Waals surface area contributed by atoms with Crippen LogP contribution in [0.15, 0.2) is 54.7 Å². The number of rotatable bonds is 13. The largest absolute Gasteiger partial charge is 0.507 e. The highest BCUT2D eigenvalue weighted by Crippen LogP contribution is 2.48. The van der Waals surface area contributed by atoms with Gasteiger partial charge in [-0.25, -0.2) is 14.6 Å². The maximum atomic E-state index is 13.0. The number of hydrogen-bond acceptors (Lipinski definition) is 12. The van der Waals surface area contributed by atoms with Crippen molar-refractivity contribution < 1.29 is 53.2 Å². The van der Waals surface area contributed by atoms with Gasteiger partial charge in [-0.1, -0.05) is 12.1 Å². The Kier molecular flexibility index (Phi) is 14.9. The van der Waals surface area contributed by atoms with Crippen LogP contribution in [0.2, 0.25) is 0 Å². The van der Waals surface area contributed by atoms with Crippen LogP contribution in [0.25, 0.3) is 21.5 Å². The van der Waals surface area contributed by atoms with Crippen molar-refractivity contribution >= 4 is 115 Å². The molecule has 0 saturated carbocycles. The molecule has 0 aliphatic carbocycles. The fourth-order valence-corrected chi connectivity index (χ4v) is 8.92. The van der Waals surface area contributed by atoms with Crippen LogP contribution in [0.1, 0.15) is 88.0 Å². The molecule has 1 aromatic heterocycles. The van der Waals surface area contributed by atoms with Gasteiger partial charge in [-0.3, -0.25) is 33.8 Å². The number of halogens is 2. The zero-order valence-electron chi connectivity index (χ0n) is 40.1. The lowest BCUT2D eigenvalue weighted by molar-refractivity contribution is -0.123. The number of nitrogens with one attached hydrogen (secondary N) is 5. The Hall–Kier alpha value is -7.32. The van der Waals surface area contributed by atoms with Crippen molar-refractivity contribution in [2.24, 2.45) is 7.05 Å². The molecule has 3 heterocycles. The zero-order chi connectivity index (χ0) is 51.7. The second-order valence-electron chi connectivity index (χ2n) is 19.2. The van der Waals surface area contributed by atoms with Crippen LogP contribution < -0.4 is 36.4 Å². The number of nitrogens with zero attached hydrogens (tertiary/aromatic N) is 4. The van der Waals surface area contributed by atoms with Gasteiger partial charge >= 0.3 is 12.2 Å². The van der Waals surface area contributed by atoms with E-state index in [4.69, 9.17) is 32.7 Å². The second-order valence-corrected chi connectivity index (χ2v) is 19.8. The summed E-state index contributed by atoms with van der Waals surface area (Å²) in [6.45, 7) is 10.2. The van der Waals surface area contributed by atoms with Crippen molar-refractivity contribution in [1.82, 2.24) is 20.2 Å². The molecule has 71 heavy (non-hydrogen) atoms. The predicted molar refractivity (Wildman–Crippen MR) is 269 cm³/mol. The van der Waals surface area contributed by atoms with E-state index in [9.17, 15) is 43.8 Å². The van der Waals surface area contributed by atoms with Crippen molar-refractivity contribution in [2.75, 3.05) is 63.7 Å². The monoisotopic (exact) mass is 1020 g/mol. The van der Waals surface area contributed by atoms with Gasteiger partial charge in [-0.05, 0) is 87.7 Å². The van der Waals surface area contributed by atoms with E-state index in [1.807, 2.05) is 0 Å². The third-order valence-electron chi connectivity index (χ3n) is 11.4. The molecule has 2 aliphatic rings. The topological polar surface area (TPSA) is 263 Å². The maximum absolute atomic E-state index is 13.0. The predicted octanol–water partition coefficient (Wildman–Crippen LogP) is 7.13. The second kappa shape index (κ2) is 20.6. The van der Waals surface area contributed by atoms with E-state index in [1.54, 1.807) is 77.9 Å². The minimum atomic E-state index is -0.745. The van der Waals surface area contributed by atoms with Crippen LogP contribution in [0.3, 0.4) is 0 Å². The lowest BCUT2D eigenvalue weighted by Gasteiger charge is -2.25. The van der Waals surface area contributed by atoms with Crippen LogP contribution in [0.5, 0.6) is 11.5 Å². The Morgan fingerprint density at radius 1 is 0.634 bits per heavy atom. The highest BCUT2D eigenvalue weighted by molar-refractivity contribution is 6.19. The molecular weight excluding hydrogens is 961 g/mol. The SMILES string of the molecule is Cn1cc(NC(=O)CCC(=O)Nc2ccc3c4c(cc(O)c3c2)N(C(=O)OC(C)(C)C)CC4CCl)nc1C(=O)NCC(=O)NCC(=O)Nc1ccc2c3c(cc(O)c2c1)N(C(=O)OC(C)(C)C)CC3CCl. The van der Waals surface area contributed by atoms with E-state index in [0.717, 1.165) is 11.1 Å². The molecule has 0 radical (unpaired) electrons. The summed E-state index contributed by atoms with van der Waals surface area (Å²) in [7, 11) is 1.51. The quantitative estimate of drug-likeness (QED) is 0.0581. The van der Waals surface area contributed by atoms with Crippen molar-refractivity contribution in [3.05, 3.63) is 71.7 Å². The van der Waals surface area contributed by atoms with Gasteiger partial charge < -0.3 is 50.8 Å². The van der Waals surface area contributed by atoms with Crippen molar-refractivity contribution in [1.29, 1.82) is 0 Å². The summed E-state index contributed by atoms with van der Waals surface area (Å²) < 4.78 is 12.5. The molecule has 22 heteroatoms. The fourth-order valence-electron chi connectivity index (χ4n) is 8.42. The summed E-state index contributed by atoms with van der Waals surface area (Å²) in [5.74, 6) is -3.46. The zero-order valence-corrected chi connectivity index (χ0v) is 41.6. The number of aromatic hydroxyl groups is 2. The smallest absolute Gasteiger partial charge is 0.414 e. The molecular formula is C49H55Cl2N9O11. The number of carbonyl (C=O) groups excluding carboxylic acids is 7. The summed E-state index contributed by atoms with van der Waals surface area (Å²) in [4.78, 5) is 97.2. The van der Waals surface area contributed by atoms with Crippen LogP contribution in [-0.2, 0) is 35.7 Å². The van der Waals surface area contributed by atoms with Crippen molar-refractivity contribution in [2.45, 2.75) is 77.4 Å². The molecule has 2 unspecified atom stereocenters. The molecule has 376 valence electrons. The van der Waals surface area contributed by atoms with Gasteiger partial charge in [-0.15, -0.1) is 23.2 Å². The summed E-state index contributed by atoms with van der Waals surface area (Å²) >= 11 is 12.6. The number of amides is 7. The summed E-state index contributed by atoms with van der Waals surface area (Å²) in [5, 5.41) is 37.0. The van der Waals surface area contributed by atoms with E-state index in [2.05, 4.69) is 31.6 Å². The van der Waals surface area contributed by atoms with E-state index in [1.165, 1.54) is 39.7 Å². The molecule has 5 aromatic rings. The van der Waals surface area contributed by atoms with Gasteiger partial charge in [0.25, 0.3) is 5.91 Å². The average Bonchev–Trinajstić information content (AvgIpc) is 3.98. The Morgan fingerprint density at radius 3 is 1.55 bits per heavy atom. The lowest BCUT2D eigenvalue weighted by Crippen LogP contribution is -2.40. The van der Waals surface area contributed by atoms with Gasteiger partial charge in [0.1, 0.15) is 22.7 Å². The number of alkyl halides is 2. The van der Waals surface area contributed by atoms with Gasteiger partial charge in [-0.2, -0.15) is 0 Å². The summed E-state index contributed by atoms with van der Waals surface area (Å²) in [6.07, 6.45) is -0.191. The first-order chi connectivity index (χ1) is 33.4. The highest BCUT2D eigenvalue weighted by Gasteiger charge is 2.38. The molecule has 7 rings (SSSR count). The number of fused-ring (bicyclic) bond motifs is 6. The number of hydrogen-bond donors (Lipinski definition) is 7. The van der Waals surface area contributed by atoms with Crippen LogP contribution in [-0.4, -0.2) is 111 Å². The number of phenols is 2. The molecule has 0 saturated heterocycles. The highest BCUT2D eigenvalue weighted by atomic mass is 35.5. The third-order valence-corrected chi connectivity index (χ3v) is 12.2. The summed E-state index contributed by atoms with van der Waals surface area (Å²) in [6, 6.07) is 12.8. The Labute approximate surface area is 418 Å². The number of aryl methyl sites for hydroxylation is 1. The molecule has 4 aromatic carbocycles. The first-order valence-electron chi connectivity index (χ1n) is 22.6. The van der Waals surface area contributed by atoms with E-state index < -0.39 is 66.0 Å². The lowest BCUT2D eigenvalue weighted by atomic mass is 9.95. The third kappa shape index (κ3) is 11.8. The standard InChI is InChI=1S/C49H55Cl2N9O11/c1-48(2,3)70-46(68)59-22-25(18-50)42-29-10-8-27(14-31(29)35(61)16-33(42)59)54-38(63)12-13-39(64)56-37-24-58(7)44(57-37)45(67)53-20-40(65)52-21-41(66)55-28-9-11-30-32(15-28)36(62)17-34-43(30)26(19-51)23-60(34)47(69)71-49(4,5)6/h8-11,14-17,24-26,61-62H,12-13,18-23H2,1-7H3,(H,52,65)(H,53,67)(H,54,63)(H,55,66)(H,56,64). The molecule has 0 spiro atoms. The van der Waals surface area contributed by atoms with E-state index in [-0.39, 0.29) is 72.7 Å². The first-order valence-corrected chi connectivity index (χ1v) is 23.7. The molecule has 0 fully saturated rings. The molecule has 7 amide bonds. The molecule has 2 aliphatic heterocycles. The Balaban J connectivity index is 0.866. The molecule has 2 atom stereocenters. The van der Waals surface area contributed by atoms with Gasteiger partial charge in [0.2, 0.25) is 29.5 Å². The number of carbonyl (C=O) groups is 7. The van der Waals surface area contributed by atoms with Crippen molar-refractivity contribution in [3.8, 4) is 11.5 Å². The number of ether oxygens (including phenoxy) is 2. The number of phenolic OH excluding ortho intramolecular Hbond substituents is 2. The minimum absolute atomic E-state index is 0.0234. The van der Waals surface area contributed by atoms with Gasteiger partial charge in [0.15, 0.2) is 5.82 Å². The van der Waals surface area contributed by atoms with Crippen LogP contribution in [0.4, 0.5) is 38.2 Å². The molecule has 20 nitrogen and oxygen atoms in total. The first kappa shape index (κ1) is 51.5. The number of benzene rings is 4. The van der Waals surface area contributed by atoms with Crippen molar-refractivity contribution in [3.63, 3.8) is 0 Å². The maximum Gasteiger partial charge on any atom is 0.414 e.